The number of anilines is 1. The third-order valence-corrected chi connectivity index (χ3v) is 6.74. The fraction of sp³-hybridized carbons (Fsp3) is 0.269. The van der Waals surface area contributed by atoms with Gasteiger partial charge in [0.1, 0.15) is 18.0 Å². The number of aryl methyl sites for hydroxylation is 1. The molecule has 4 heterocycles. The van der Waals surface area contributed by atoms with Crippen molar-refractivity contribution in [1.29, 1.82) is 5.41 Å². The third-order valence-electron chi connectivity index (χ3n) is 6.74. The molecule has 0 spiro atoms. The first-order chi connectivity index (χ1) is 18.3. The largest absolute Gasteiger partial charge is 0.358 e. The zero-order valence-corrected chi connectivity index (χ0v) is 21.1. The molecule has 1 atom stereocenters. The van der Waals surface area contributed by atoms with E-state index in [1.165, 1.54) is 12.1 Å². The molecule has 1 aliphatic heterocycles. The van der Waals surface area contributed by atoms with Gasteiger partial charge in [0.05, 0.1) is 17.4 Å². The van der Waals surface area contributed by atoms with Crippen molar-refractivity contribution in [3.05, 3.63) is 83.7 Å². The first-order valence-electron chi connectivity index (χ1n) is 12.1. The quantitative estimate of drug-likeness (QED) is 0.266. The molecule has 0 aliphatic carbocycles. The van der Waals surface area contributed by atoms with Crippen LogP contribution in [0.4, 0.5) is 14.7 Å². The number of halogens is 2. The van der Waals surface area contributed by atoms with Gasteiger partial charge < -0.3 is 20.5 Å². The summed E-state index contributed by atoms with van der Waals surface area (Å²) in [6.45, 7) is 4.21. The highest BCUT2D eigenvalue weighted by Crippen LogP contribution is 2.29. The Labute approximate surface area is 218 Å². The number of aliphatic imine (C=N–C) groups is 1. The Bertz CT molecular complexity index is 1460. The molecular weight excluding hydrogens is 490 g/mol. The molecule has 0 radical (unpaired) electrons. The molecule has 1 saturated heterocycles. The number of aromatic amines is 1. The Kier molecular flexibility index (Phi) is 6.72. The predicted octanol–water partition coefficient (Wildman–Crippen LogP) is 2.88. The molecule has 1 aromatic carbocycles. The van der Waals surface area contributed by atoms with Gasteiger partial charge in [-0.1, -0.05) is 6.07 Å². The summed E-state index contributed by atoms with van der Waals surface area (Å²) in [5, 5.41) is 11.8. The van der Waals surface area contributed by atoms with Crippen molar-refractivity contribution in [2.45, 2.75) is 12.5 Å². The molecular formula is C26H28F2N10. The van der Waals surface area contributed by atoms with E-state index in [4.69, 9.17) is 11.1 Å². The minimum Gasteiger partial charge on any atom is -0.358 e. The summed E-state index contributed by atoms with van der Waals surface area (Å²) in [6.07, 6.45) is 9.85. The molecule has 196 valence electrons. The molecule has 1 fully saturated rings. The van der Waals surface area contributed by atoms with Crippen molar-refractivity contribution in [1.82, 2.24) is 29.6 Å². The average Bonchev–Trinajstić information content (AvgIpc) is 3.56. The number of rotatable bonds is 6. The number of nitrogens with two attached hydrogens (primary N) is 1. The maximum Gasteiger partial charge on any atom is 0.225 e. The molecule has 5 rings (SSSR count). The van der Waals surface area contributed by atoms with Gasteiger partial charge in [-0.15, -0.1) is 0 Å². The number of benzene rings is 1. The lowest BCUT2D eigenvalue weighted by atomic mass is 9.87. The molecule has 0 amide bonds. The van der Waals surface area contributed by atoms with Crippen molar-refractivity contribution in [3.8, 4) is 11.1 Å². The number of amidine groups is 1. The van der Waals surface area contributed by atoms with E-state index < -0.39 is 17.2 Å². The number of H-pyrrole nitrogens is 1. The smallest absolute Gasteiger partial charge is 0.225 e. The van der Waals surface area contributed by atoms with Crippen molar-refractivity contribution in [2.24, 2.45) is 17.8 Å². The van der Waals surface area contributed by atoms with Gasteiger partial charge in [0.15, 0.2) is 5.84 Å². The fourth-order valence-corrected chi connectivity index (χ4v) is 4.58. The Balaban J connectivity index is 1.27. The lowest BCUT2D eigenvalue weighted by Crippen LogP contribution is -2.49. The summed E-state index contributed by atoms with van der Waals surface area (Å²) < 4.78 is 29.5. The molecule has 1 aliphatic rings. The molecule has 38 heavy (non-hydrogen) atoms. The van der Waals surface area contributed by atoms with Gasteiger partial charge in [-0.25, -0.2) is 23.7 Å². The topological polar surface area (TPSA) is 128 Å². The van der Waals surface area contributed by atoms with Crippen LogP contribution in [0.25, 0.3) is 11.1 Å². The van der Waals surface area contributed by atoms with Gasteiger partial charge in [0, 0.05) is 86.3 Å². The molecule has 3 aromatic heterocycles. The average molecular weight is 519 g/mol. The molecule has 0 saturated carbocycles. The molecule has 0 bridgehead atoms. The van der Waals surface area contributed by atoms with Gasteiger partial charge >= 0.3 is 0 Å². The number of hydrogen-bond acceptors (Lipinski definition) is 6. The predicted molar refractivity (Wildman–Crippen MR) is 141 cm³/mol. The van der Waals surface area contributed by atoms with Crippen LogP contribution in [0, 0.1) is 17.0 Å². The lowest BCUT2D eigenvalue weighted by molar-refractivity contribution is 0.383. The van der Waals surface area contributed by atoms with E-state index in [2.05, 4.69) is 29.9 Å². The Morgan fingerprint density at radius 2 is 1.84 bits per heavy atom. The second-order valence-corrected chi connectivity index (χ2v) is 9.36. The molecule has 0 unspecified atom stereocenters. The van der Waals surface area contributed by atoms with Gasteiger partial charge in [0.25, 0.3) is 0 Å². The second-order valence-electron chi connectivity index (χ2n) is 9.36. The zero-order valence-electron chi connectivity index (χ0n) is 21.1. The Hall–Kier alpha value is -4.45. The first-order valence-corrected chi connectivity index (χ1v) is 12.1. The SMILES string of the molecule is Cn1cc(-c2c[nH]c(C(=NC=N)N3CCN(c4ncc([C@@](C)(N)c5ccc(F)cc5F)cn4)CC3)c2)cn1. The van der Waals surface area contributed by atoms with Crippen molar-refractivity contribution >= 4 is 18.1 Å². The second kappa shape index (κ2) is 10.1. The normalized spacial score (nSPS) is 16.0. The summed E-state index contributed by atoms with van der Waals surface area (Å²) >= 11 is 0. The third kappa shape index (κ3) is 4.90. The Morgan fingerprint density at radius 1 is 1.11 bits per heavy atom. The van der Waals surface area contributed by atoms with E-state index in [0.29, 0.717) is 43.5 Å². The summed E-state index contributed by atoms with van der Waals surface area (Å²) in [6, 6.07) is 5.34. The van der Waals surface area contributed by atoms with Crippen LogP contribution in [0.15, 0.2) is 60.2 Å². The summed E-state index contributed by atoms with van der Waals surface area (Å²) in [4.78, 5) is 20.7. The van der Waals surface area contributed by atoms with Crippen molar-refractivity contribution < 1.29 is 8.78 Å². The summed E-state index contributed by atoms with van der Waals surface area (Å²) in [5.41, 5.74) is 8.67. The highest BCUT2D eigenvalue weighted by molar-refractivity contribution is 6.01. The minimum atomic E-state index is -1.22. The van der Waals surface area contributed by atoms with Crippen LogP contribution in [0.1, 0.15) is 23.7 Å². The van der Waals surface area contributed by atoms with Gasteiger partial charge in [-0.3, -0.25) is 10.1 Å². The van der Waals surface area contributed by atoms with Crippen LogP contribution in [-0.4, -0.2) is 68.0 Å². The van der Waals surface area contributed by atoms with E-state index in [0.717, 1.165) is 29.2 Å². The standard InChI is InChI=1S/C26H28F2N10/c1-26(30,21-4-3-20(27)10-22(21)28)19-13-32-25(33-14-19)38-7-5-37(6-8-38)24(34-16-29)23-9-17(11-31-23)18-12-35-36(2)15-18/h3-4,9-16,29,31H,5-8,30H2,1-2H3/t26-/m1/s1. The number of nitrogens with one attached hydrogen (secondary N) is 2. The van der Waals surface area contributed by atoms with Gasteiger partial charge in [-0.2, -0.15) is 5.10 Å². The van der Waals surface area contributed by atoms with E-state index in [1.54, 1.807) is 30.2 Å². The van der Waals surface area contributed by atoms with Crippen LogP contribution in [0.5, 0.6) is 0 Å². The molecule has 12 heteroatoms. The van der Waals surface area contributed by atoms with Crippen LogP contribution in [-0.2, 0) is 12.6 Å². The summed E-state index contributed by atoms with van der Waals surface area (Å²) in [7, 11) is 1.87. The molecule has 4 N–H and O–H groups in total. The van der Waals surface area contributed by atoms with E-state index in [9.17, 15) is 8.78 Å². The number of hydrogen-bond donors (Lipinski definition) is 3. The van der Waals surface area contributed by atoms with Crippen LogP contribution >= 0.6 is 0 Å². The van der Waals surface area contributed by atoms with Crippen molar-refractivity contribution in [3.63, 3.8) is 0 Å². The Morgan fingerprint density at radius 3 is 2.47 bits per heavy atom. The molecule has 4 aromatic rings. The monoisotopic (exact) mass is 518 g/mol. The number of piperazine rings is 1. The van der Waals surface area contributed by atoms with E-state index >= 15 is 0 Å². The van der Waals surface area contributed by atoms with Crippen LogP contribution < -0.4 is 10.6 Å². The highest BCUT2D eigenvalue weighted by Gasteiger charge is 2.29. The molecule has 10 nitrogen and oxygen atoms in total. The lowest BCUT2D eigenvalue weighted by Gasteiger charge is -2.36. The number of aromatic nitrogens is 5. The first kappa shape index (κ1) is 25.2. The fourth-order valence-electron chi connectivity index (χ4n) is 4.58. The maximum absolute atomic E-state index is 14.4. The highest BCUT2D eigenvalue weighted by atomic mass is 19.1. The van der Waals surface area contributed by atoms with E-state index in [1.807, 2.05) is 30.4 Å². The van der Waals surface area contributed by atoms with Gasteiger partial charge in [0.2, 0.25) is 5.95 Å². The number of nitrogens with zero attached hydrogens (tertiary/aromatic N) is 7. The van der Waals surface area contributed by atoms with E-state index in [-0.39, 0.29) is 5.56 Å². The summed E-state index contributed by atoms with van der Waals surface area (Å²) in [5.74, 6) is -0.154. The van der Waals surface area contributed by atoms with Gasteiger partial charge in [-0.05, 0) is 19.1 Å². The zero-order chi connectivity index (χ0) is 26.9. The minimum absolute atomic E-state index is 0.165. The van der Waals surface area contributed by atoms with Crippen molar-refractivity contribution in [2.75, 3.05) is 31.1 Å². The maximum atomic E-state index is 14.4. The van der Waals surface area contributed by atoms with Crippen LogP contribution in [0.3, 0.4) is 0 Å². The van der Waals surface area contributed by atoms with Crippen LogP contribution in [0.2, 0.25) is 0 Å².